The molecule has 0 radical (unpaired) electrons. The lowest BCUT2D eigenvalue weighted by Gasteiger charge is -2.08. The van der Waals surface area contributed by atoms with Crippen molar-refractivity contribution in [3.63, 3.8) is 0 Å². The molecule has 2 aromatic heterocycles. The molecular formula is C11H12N4O2S. The van der Waals surface area contributed by atoms with Crippen LogP contribution in [0.15, 0.2) is 35.2 Å². The van der Waals surface area contributed by atoms with Gasteiger partial charge in [0, 0.05) is 6.07 Å². The number of nitrogens with one attached hydrogen (secondary N) is 2. The molecule has 2 aromatic rings. The van der Waals surface area contributed by atoms with E-state index in [0.717, 1.165) is 5.76 Å². The lowest BCUT2D eigenvalue weighted by molar-refractivity contribution is 0.397. The van der Waals surface area contributed by atoms with Crippen LogP contribution in [0.4, 0.5) is 5.82 Å². The van der Waals surface area contributed by atoms with E-state index >= 15 is 0 Å². The van der Waals surface area contributed by atoms with Crippen LogP contribution >= 0.6 is 12.2 Å². The zero-order valence-electron chi connectivity index (χ0n) is 9.71. The third-order valence-electron chi connectivity index (χ3n) is 2.10. The van der Waals surface area contributed by atoms with Crippen molar-refractivity contribution in [3.05, 3.63) is 36.5 Å². The summed E-state index contributed by atoms with van der Waals surface area (Å²) in [4.78, 5) is 7.92. The van der Waals surface area contributed by atoms with E-state index in [1.54, 1.807) is 19.4 Å². The van der Waals surface area contributed by atoms with Gasteiger partial charge in [-0.1, -0.05) is 0 Å². The Bertz CT molecular complexity index is 516. The third kappa shape index (κ3) is 3.42. The summed E-state index contributed by atoms with van der Waals surface area (Å²) in [7, 11) is 1.54. The average molecular weight is 264 g/mol. The summed E-state index contributed by atoms with van der Waals surface area (Å²) in [6.45, 7) is 0.515. The van der Waals surface area contributed by atoms with Gasteiger partial charge in [-0.25, -0.2) is 9.97 Å². The minimum Gasteiger partial charge on any atom is -0.481 e. The van der Waals surface area contributed by atoms with Crippen LogP contribution in [0.2, 0.25) is 0 Å². The Morgan fingerprint density at radius 3 is 3.11 bits per heavy atom. The molecule has 0 aliphatic carbocycles. The standard InChI is InChI=1S/C11H12N4O2S/c1-16-10-5-9(13-7-14-10)15-11(18)12-6-8-3-2-4-17-8/h2-5,7H,6H2,1H3,(H2,12,13,14,15,18). The summed E-state index contributed by atoms with van der Waals surface area (Å²) in [5.41, 5.74) is 0. The molecule has 0 amide bonds. The Labute approximate surface area is 109 Å². The van der Waals surface area contributed by atoms with Crippen molar-refractivity contribution in [1.82, 2.24) is 15.3 Å². The number of thiocarbonyl (C=S) groups is 1. The van der Waals surface area contributed by atoms with Crippen LogP contribution in [0.1, 0.15) is 5.76 Å². The number of anilines is 1. The zero-order valence-corrected chi connectivity index (χ0v) is 10.5. The molecule has 0 spiro atoms. The normalized spacial score (nSPS) is 9.83. The van der Waals surface area contributed by atoms with E-state index in [2.05, 4.69) is 20.6 Å². The molecule has 7 heteroatoms. The summed E-state index contributed by atoms with van der Waals surface area (Å²) < 4.78 is 10.2. The van der Waals surface area contributed by atoms with E-state index in [0.29, 0.717) is 23.4 Å². The molecule has 0 saturated carbocycles. The third-order valence-corrected chi connectivity index (χ3v) is 2.34. The smallest absolute Gasteiger partial charge is 0.218 e. The lowest BCUT2D eigenvalue weighted by Crippen LogP contribution is -2.28. The van der Waals surface area contributed by atoms with E-state index in [4.69, 9.17) is 21.4 Å². The fourth-order valence-electron chi connectivity index (χ4n) is 1.26. The van der Waals surface area contributed by atoms with Crippen molar-refractivity contribution >= 4 is 23.1 Å². The monoisotopic (exact) mass is 264 g/mol. The van der Waals surface area contributed by atoms with Gasteiger partial charge in [0.1, 0.15) is 17.9 Å². The highest BCUT2D eigenvalue weighted by Gasteiger charge is 2.02. The van der Waals surface area contributed by atoms with Gasteiger partial charge in [0.05, 0.1) is 19.9 Å². The Morgan fingerprint density at radius 2 is 2.39 bits per heavy atom. The van der Waals surface area contributed by atoms with Gasteiger partial charge in [0.25, 0.3) is 0 Å². The predicted octanol–water partition coefficient (Wildman–Crippen LogP) is 1.56. The van der Waals surface area contributed by atoms with Gasteiger partial charge < -0.3 is 19.8 Å². The van der Waals surface area contributed by atoms with Gasteiger partial charge in [0.2, 0.25) is 5.88 Å². The van der Waals surface area contributed by atoms with Gasteiger partial charge in [-0.05, 0) is 24.4 Å². The second kappa shape index (κ2) is 5.97. The molecule has 0 unspecified atom stereocenters. The Hall–Kier alpha value is -2.15. The van der Waals surface area contributed by atoms with Gasteiger partial charge in [0.15, 0.2) is 5.11 Å². The molecule has 18 heavy (non-hydrogen) atoms. The second-order valence-electron chi connectivity index (χ2n) is 3.33. The summed E-state index contributed by atoms with van der Waals surface area (Å²) >= 11 is 5.12. The zero-order chi connectivity index (χ0) is 12.8. The summed E-state index contributed by atoms with van der Waals surface area (Å²) in [5, 5.41) is 6.37. The molecule has 0 fully saturated rings. The van der Waals surface area contributed by atoms with Crippen molar-refractivity contribution in [3.8, 4) is 5.88 Å². The first-order valence-electron chi connectivity index (χ1n) is 5.21. The van der Waals surface area contributed by atoms with Crippen LogP contribution in [0, 0.1) is 0 Å². The molecule has 2 N–H and O–H groups in total. The number of ether oxygens (including phenoxy) is 1. The Balaban J connectivity index is 1.86. The van der Waals surface area contributed by atoms with Crippen molar-refractivity contribution in [2.24, 2.45) is 0 Å². The topological polar surface area (TPSA) is 72.2 Å². The maximum Gasteiger partial charge on any atom is 0.218 e. The summed E-state index contributed by atoms with van der Waals surface area (Å²) in [6.07, 6.45) is 3.01. The number of hydrogen-bond donors (Lipinski definition) is 2. The van der Waals surface area contributed by atoms with E-state index in [-0.39, 0.29) is 0 Å². The number of aromatic nitrogens is 2. The number of methoxy groups -OCH3 is 1. The molecule has 6 nitrogen and oxygen atoms in total. The van der Waals surface area contributed by atoms with Gasteiger partial charge in [-0.3, -0.25) is 0 Å². The van der Waals surface area contributed by atoms with Crippen molar-refractivity contribution in [2.45, 2.75) is 6.54 Å². The predicted molar refractivity (Wildman–Crippen MR) is 70.4 cm³/mol. The summed E-state index contributed by atoms with van der Waals surface area (Å²) in [5.74, 6) is 1.85. The number of hydrogen-bond acceptors (Lipinski definition) is 5. The SMILES string of the molecule is COc1cc(NC(=S)NCc2ccco2)ncn1. The molecule has 2 rings (SSSR count). The molecule has 2 heterocycles. The molecule has 0 aromatic carbocycles. The highest BCUT2D eigenvalue weighted by atomic mass is 32.1. The van der Waals surface area contributed by atoms with Crippen LogP contribution in [0.3, 0.4) is 0 Å². The van der Waals surface area contributed by atoms with Crippen LogP contribution in [0.25, 0.3) is 0 Å². The highest BCUT2D eigenvalue weighted by molar-refractivity contribution is 7.80. The molecule has 0 aliphatic rings. The minimum atomic E-state index is 0.451. The first kappa shape index (κ1) is 12.3. The molecular weight excluding hydrogens is 252 g/mol. The van der Waals surface area contributed by atoms with Gasteiger partial charge in [-0.2, -0.15) is 0 Å². The first-order chi connectivity index (χ1) is 8.78. The quantitative estimate of drug-likeness (QED) is 0.812. The minimum absolute atomic E-state index is 0.451. The van der Waals surface area contributed by atoms with Crippen LogP contribution in [-0.2, 0) is 6.54 Å². The number of furan rings is 1. The maximum atomic E-state index is 5.18. The van der Waals surface area contributed by atoms with Crippen molar-refractivity contribution in [1.29, 1.82) is 0 Å². The summed E-state index contributed by atoms with van der Waals surface area (Å²) in [6, 6.07) is 5.34. The van der Waals surface area contributed by atoms with E-state index in [1.165, 1.54) is 6.33 Å². The van der Waals surface area contributed by atoms with Gasteiger partial charge in [-0.15, -0.1) is 0 Å². The number of rotatable bonds is 4. The second-order valence-corrected chi connectivity index (χ2v) is 3.74. The van der Waals surface area contributed by atoms with Crippen LogP contribution in [-0.4, -0.2) is 22.2 Å². The van der Waals surface area contributed by atoms with E-state index in [1.807, 2.05) is 12.1 Å². The van der Waals surface area contributed by atoms with Gasteiger partial charge >= 0.3 is 0 Å². The van der Waals surface area contributed by atoms with Crippen molar-refractivity contribution in [2.75, 3.05) is 12.4 Å². The Morgan fingerprint density at radius 1 is 1.50 bits per heavy atom. The van der Waals surface area contributed by atoms with E-state index < -0.39 is 0 Å². The van der Waals surface area contributed by atoms with Crippen molar-refractivity contribution < 1.29 is 9.15 Å². The molecule has 94 valence electrons. The largest absolute Gasteiger partial charge is 0.481 e. The first-order valence-corrected chi connectivity index (χ1v) is 5.62. The lowest BCUT2D eigenvalue weighted by atomic mass is 10.4. The van der Waals surface area contributed by atoms with E-state index in [9.17, 15) is 0 Å². The Kier molecular flexibility index (Phi) is 4.08. The fraction of sp³-hybridized carbons (Fsp3) is 0.182. The van der Waals surface area contributed by atoms with Crippen LogP contribution < -0.4 is 15.4 Å². The molecule has 0 aliphatic heterocycles. The molecule has 0 bridgehead atoms. The maximum absolute atomic E-state index is 5.18. The van der Waals surface area contributed by atoms with Crippen LogP contribution in [0.5, 0.6) is 5.88 Å². The number of nitrogens with zero attached hydrogens (tertiary/aromatic N) is 2. The highest BCUT2D eigenvalue weighted by Crippen LogP contribution is 2.09. The average Bonchev–Trinajstić information content (AvgIpc) is 2.90. The molecule has 0 saturated heterocycles. The fourth-order valence-corrected chi connectivity index (χ4v) is 1.44. The molecule has 0 atom stereocenters.